The first-order valence-electron chi connectivity index (χ1n) is 7.65. The molecule has 1 N–H and O–H groups in total. The van der Waals surface area contributed by atoms with E-state index < -0.39 is 0 Å². The number of nitrogens with one attached hydrogen (secondary N) is 1. The lowest BCUT2D eigenvalue weighted by molar-refractivity contribution is -0.116. The quantitative estimate of drug-likeness (QED) is 0.748. The summed E-state index contributed by atoms with van der Waals surface area (Å²) in [6.45, 7) is 2.13. The third kappa shape index (κ3) is 3.83. The van der Waals surface area contributed by atoms with Crippen LogP contribution < -0.4 is 10.9 Å². The Morgan fingerprint density at radius 3 is 2.84 bits per heavy atom. The topological polar surface area (TPSA) is 64.0 Å². The lowest BCUT2D eigenvalue weighted by Gasteiger charge is -2.09. The van der Waals surface area contributed by atoms with Crippen LogP contribution >= 0.6 is 23.2 Å². The van der Waals surface area contributed by atoms with Crippen molar-refractivity contribution in [1.82, 2.24) is 9.55 Å². The van der Waals surface area contributed by atoms with E-state index in [9.17, 15) is 9.59 Å². The number of fused-ring (bicyclic) bond motifs is 1. The zero-order valence-corrected chi connectivity index (χ0v) is 14.9. The van der Waals surface area contributed by atoms with Gasteiger partial charge in [-0.15, -0.1) is 0 Å². The Morgan fingerprint density at radius 1 is 1.24 bits per heavy atom. The second-order valence-electron chi connectivity index (χ2n) is 5.64. The van der Waals surface area contributed by atoms with Crippen molar-refractivity contribution >= 4 is 45.7 Å². The second-order valence-corrected chi connectivity index (χ2v) is 6.48. The summed E-state index contributed by atoms with van der Waals surface area (Å²) in [5.74, 6) is -0.264. The van der Waals surface area contributed by atoms with E-state index in [1.54, 1.807) is 24.3 Å². The van der Waals surface area contributed by atoms with Gasteiger partial charge in [-0.25, -0.2) is 4.98 Å². The highest BCUT2D eigenvalue weighted by atomic mass is 35.5. The summed E-state index contributed by atoms with van der Waals surface area (Å²) in [4.78, 5) is 29.0. The number of carbonyl (C=O) groups is 1. The van der Waals surface area contributed by atoms with E-state index in [4.69, 9.17) is 23.2 Å². The SMILES string of the molecule is Cc1cccc2c(=O)n(CCC(=O)Nc3cc(Cl)ccc3Cl)cnc12. The average molecular weight is 376 g/mol. The Balaban J connectivity index is 1.74. The number of rotatable bonds is 4. The Morgan fingerprint density at radius 2 is 2.04 bits per heavy atom. The summed E-state index contributed by atoms with van der Waals surface area (Å²) >= 11 is 11.9. The van der Waals surface area contributed by atoms with E-state index >= 15 is 0 Å². The summed E-state index contributed by atoms with van der Waals surface area (Å²) in [7, 11) is 0. The van der Waals surface area contributed by atoms with E-state index in [0.717, 1.165) is 5.56 Å². The molecule has 0 unspecified atom stereocenters. The predicted octanol–water partition coefficient (Wildman–Crippen LogP) is 4.04. The van der Waals surface area contributed by atoms with Gasteiger partial charge in [-0.05, 0) is 36.8 Å². The average Bonchev–Trinajstić information content (AvgIpc) is 2.58. The monoisotopic (exact) mass is 375 g/mol. The molecule has 0 fully saturated rings. The van der Waals surface area contributed by atoms with Crippen molar-refractivity contribution < 1.29 is 4.79 Å². The molecule has 3 rings (SSSR count). The van der Waals surface area contributed by atoms with Crippen LogP contribution in [0.15, 0.2) is 47.5 Å². The molecule has 0 saturated heterocycles. The molecule has 1 amide bonds. The number of amides is 1. The molecular formula is C18H15Cl2N3O2. The Bertz CT molecular complexity index is 1010. The maximum atomic E-state index is 12.5. The molecule has 128 valence electrons. The fraction of sp³-hybridized carbons (Fsp3) is 0.167. The maximum absolute atomic E-state index is 12.5. The van der Waals surface area contributed by atoms with Crippen molar-refractivity contribution in [2.45, 2.75) is 19.9 Å². The van der Waals surface area contributed by atoms with Gasteiger partial charge < -0.3 is 5.32 Å². The standard InChI is InChI=1S/C18H15Cl2N3O2/c1-11-3-2-4-13-17(11)21-10-23(18(13)25)8-7-16(24)22-15-9-12(19)5-6-14(15)20/h2-6,9-10H,7-8H2,1H3,(H,22,24). The molecule has 0 atom stereocenters. The van der Waals surface area contributed by atoms with Gasteiger partial charge in [0.05, 0.1) is 27.9 Å². The van der Waals surface area contributed by atoms with Crippen LogP contribution in [0, 0.1) is 6.92 Å². The number of carbonyl (C=O) groups excluding carboxylic acids is 1. The molecule has 2 aromatic carbocycles. The third-order valence-electron chi connectivity index (χ3n) is 3.84. The lowest BCUT2D eigenvalue weighted by atomic mass is 10.1. The normalized spacial score (nSPS) is 10.8. The molecule has 7 heteroatoms. The first-order valence-corrected chi connectivity index (χ1v) is 8.41. The minimum Gasteiger partial charge on any atom is -0.325 e. The van der Waals surface area contributed by atoms with Crippen molar-refractivity contribution in [2.24, 2.45) is 0 Å². The summed E-state index contributed by atoms with van der Waals surface area (Å²) in [6, 6.07) is 10.3. The van der Waals surface area contributed by atoms with Gasteiger partial charge in [-0.1, -0.05) is 35.3 Å². The van der Waals surface area contributed by atoms with Crippen molar-refractivity contribution in [3.8, 4) is 0 Å². The highest BCUT2D eigenvalue weighted by Crippen LogP contribution is 2.25. The number of benzene rings is 2. The van der Waals surface area contributed by atoms with Gasteiger partial charge in [0.25, 0.3) is 5.56 Å². The predicted molar refractivity (Wildman–Crippen MR) is 100 cm³/mol. The molecule has 0 bridgehead atoms. The molecule has 3 aromatic rings. The van der Waals surface area contributed by atoms with Gasteiger partial charge in [-0.2, -0.15) is 0 Å². The fourth-order valence-corrected chi connectivity index (χ4v) is 2.86. The lowest BCUT2D eigenvalue weighted by Crippen LogP contribution is -2.24. The van der Waals surface area contributed by atoms with Crippen molar-refractivity contribution in [1.29, 1.82) is 0 Å². The molecule has 0 radical (unpaired) electrons. The van der Waals surface area contributed by atoms with Gasteiger partial charge in [0.1, 0.15) is 0 Å². The van der Waals surface area contributed by atoms with Crippen LogP contribution in [0.1, 0.15) is 12.0 Å². The smallest absolute Gasteiger partial charge is 0.261 e. The first-order chi connectivity index (χ1) is 12.0. The number of para-hydroxylation sites is 1. The number of halogens is 2. The molecule has 1 heterocycles. The molecule has 0 spiro atoms. The molecule has 0 aliphatic rings. The molecule has 0 aliphatic heterocycles. The number of hydrogen-bond acceptors (Lipinski definition) is 3. The van der Waals surface area contributed by atoms with E-state index in [1.807, 2.05) is 19.1 Å². The minimum atomic E-state index is -0.264. The Hall–Kier alpha value is -2.37. The Kier molecular flexibility index (Phi) is 5.06. The van der Waals surface area contributed by atoms with Gasteiger partial charge in [0, 0.05) is 18.0 Å². The summed E-state index contributed by atoms with van der Waals surface area (Å²) < 4.78 is 1.43. The molecule has 0 saturated carbocycles. The van der Waals surface area contributed by atoms with Crippen LogP contribution in [-0.4, -0.2) is 15.5 Å². The number of aryl methyl sites for hydroxylation is 2. The van der Waals surface area contributed by atoms with Crippen LogP contribution in [0.5, 0.6) is 0 Å². The Labute approximate surface area is 154 Å². The summed E-state index contributed by atoms with van der Waals surface area (Å²) in [5.41, 5.74) is 1.90. The van der Waals surface area contributed by atoms with Gasteiger partial charge in [0.15, 0.2) is 0 Å². The number of nitrogens with zero attached hydrogens (tertiary/aromatic N) is 2. The fourth-order valence-electron chi connectivity index (χ4n) is 2.52. The van der Waals surface area contributed by atoms with Crippen molar-refractivity contribution in [3.63, 3.8) is 0 Å². The third-order valence-corrected chi connectivity index (χ3v) is 4.40. The van der Waals surface area contributed by atoms with Crippen LogP contribution in [0.4, 0.5) is 5.69 Å². The number of anilines is 1. The molecule has 5 nitrogen and oxygen atoms in total. The van der Waals surface area contributed by atoms with Gasteiger partial charge in [-0.3, -0.25) is 14.2 Å². The molecule has 0 aliphatic carbocycles. The largest absolute Gasteiger partial charge is 0.325 e. The van der Waals surface area contributed by atoms with Crippen molar-refractivity contribution in [2.75, 3.05) is 5.32 Å². The highest BCUT2D eigenvalue weighted by molar-refractivity contribution is 6.35. The van der Waals surface area contributed by atoms with E-state index in [1.165, 1.54) is 10.9 Å². The van der Waals surface area contributed by atoms with Crippen LogP contribution in [0.25, 0.3) is 10.9 Å². The minimum absolute atomic E-state index is 0.113. The summed E-state index contributed by atoms with van der Waals surface area (Å²) in [5, 5.41) is 4.12. The maximum Gasteiger partial charge on any atom is 0.261 e. The van der Waals surface area contributed by atoms with Crippen molar-refractivity contribution in [3.05, 3.63) is 68.7 Å². The summed E-state index contributed by atoms with van der Waals surface area (Å²) in [6.07, 6.45) is 1.58. The van der Waals surface area contributed by atoms with Crippen LogP contribution in [-0.2, 0) is 11.3 Å². The zero-order valence-electron chi connectivity index (χ0n) is 13.4. The van der Waals surface area contributed by atoms with Gasteiger partial charge >= 0.3 is 0 Å². The zero-order chi connectivity index (χ0) is 18.0. The van der Waals surface area contributed by atoms with E-state index in [-0.39, 0.29) is 24.4 Å². The molecule has 25 heavy (non-hydrogen) atoms. The van der Waals surface area contributed by atoms with Crippen LogP contribution in [0.3, 0.4) is 0 Å². The highest BCUT2D eigenvalue weighted by Gasteiger charge is 2.09. The molecule has 1 aromatic heterocycles. The van der Waals surface area contributed by atoms with Crippen LogP contribution in [0.2, 0.25) is 10.0 Å². The number of hydrogen-bond donors (Lipinski definition) is 1. The van der Waals surface area contributed by atoms with E-state index in [0.29, 0.717) is 26.6 Å². The molecular weight excluding hydrogens is 361 g/mol. The van der Waals surface area contributed by atoms with E-state index in [2.05, 4.69) is 10.3 Å². The van der Waals surface area contributed by atoms with Gasteiger partial charge in [0.2, 0.25) is 5.91 Å². The number of aromatic nitrogens is 2. The first kappa shape index (κ1) is 17.5. The second kappa shape index (κ2) is 7.25.